The van der Waals surface area contributed by atoms with Crippen molar-refractivity contribution >= 4 is 15.8 Å². The molecule has 2 N–H and O–H groups in total. The summed E-state index contributed by atoms with van der Waals surface area (Å²) in [4.78, 5) is 11.4. The number of hydrogen-bond acceptors (Lipinski definition) is 5. The summed E-state index contributed by atoms with van der Waals surface area (Å²) in [7, 11) is -3.19. The number of rotatable bonds is 4. The van der Waals surface area contributed by atoms with Gasteiger partial charge in [-0.3, -0.25) is 4.79 Å². The third kappa shape index (κ3) is 1.76. The fraction of sp³-hybridized carbons (Fsp3) is 0.875. The van der Waals surface area contributed by atoms with Crippen LogP contribution in [-0.2, 0) is 19.4 Å². The summed E-state index contributed by atoms with van der Waals surface area (Å²) in [5.74, 6) is -0.488. The second-order valence-electron chi connectivity index (χ2n) is 3.60. The highest BCUT2D eigenvalue weighted by atomic mass is 32.2. The van der Waals surface area contributed by atoms with Crippen LogP contribution < -0.4 is 5.73 Å². The first-order chi connectivity index (χ1) is 6.38. The molecule has 2 atom stereocenters. The molecule has 0 aromatic rings. The lowest BCUT2D eigenvalue weighted by Crippen LogP contribution is -2.32. The van der Waals surface area contributed by atoms with E-state index < -0.39 is 26.5 Å². The van der Waals surface area contributed by atoms with E-state index in [0.717, 1.165) is 6.26 Å². The molecule has 2 unspecified atom stereocenters. The van der Waals surface area contributed by atoms with Crippen LogP contribution in [0.15, 0.2) is 0 Å². The van der Waals surface area contributed by atoms with Crippen molar-refractivity contribution in [1.29, 1.82) is 0 Å². The molecule has 1 fully saturated rings. The van der Waals surface area contributed by atoms with Gasteiger partial charge in [0.1, 0.15) is 0 Å². The van der Waals surface area contributed by atoms with Crippen molar-refractivity contribution in [2.75, 3.05) is 19.4 Å². The minimum Gasteiger partial charge on any atom is -0.465 e. The number of carbonyl (C=O) groups is 1. The lowest BCUT2D eigenvalue weighted by Gasteiger charge is -2.12. The Balaban J connectivity index is 2.80. The number of sulfone groups is 1. The van der Waals surface area contributed by atoms with E-state index in [4.69, 9.17) is 10.5 Å². The molecule has 1 saturated carbocycles. The van der Waals surface area contributed by atoms with Crippen LogP contribution in [0.4, 0.5) is 0 Å². The normalized spacial score (nSPS) is 31.2. The van der Waals surface area contributed by atoms with Gasteiger partial charge in [-0.1, -0.05) is 0 Å². The molecular formula is C8H15NO4S. The molecule has 1 aliphatic rings. The Kier molecular flexibility index (Phi) is 2.87. The van der Waals surface area contributed by atoms with Gasteiger partial charge in [-0.25, -0.2) is 8.42 Å². The van der Waals surface area contributed by atoms with Crippen molar-refractivity contribution in [3.8, 4) is 0 Å². The van der Waals surface area contributed by atoms with Crippen molar-refractivity contribution in [2.24, 2.45) is 11.1 Å². The van der Waals surface area contributed by atoms with Gasteiger partial charge in [0.05, 0.1) is 17.3 Å². The highest BCUT2D eigenvalue weighted by Gasteiger charge is 2.65. The van der Waals surface area contributed by atoms with Gasteiger partial charge in [-0.05, 0) is 13.3 Å². The van der Waals surface area contributed by atoms with Gasteiger partial charge in [-0.15, -0.1) is 0 Å². The Morgan fingerprint density at radius 2 is 2.21 bits per heavy atom. The Hall–Kier alpha value is -0.620. The zero-order valence-electron chi connectivity index (χ0n) is 8.32. The molecule has 0 amide bonds. The lowest BCUT2D eigenvalue weighted by atomic mass is 10.1. The fourth-order valence-corrected chi connectivity index (χ4v) is 3.23. The van der Waals surface area contributed by atoms with Crippen LogP contribution in [0.3, 0.4) is 0 Å². The van der Waals surface area contributed by atoms with Crippen molar-refractivity contribution in [2.45, 2.75) is 18.6 Å². The topological polar surface area (TPSA) is 86.5 Å². The van der Waals surface area contributed by atoms with E-state index in [9.17, 15) is 13.2 Å². The standard InChI is InChI=1S/C8H15NO4S/c1-3-13-7(10)8(5-9)4-6(8)14(2,11)12/h6H,3-5,9H2,1-2H3. The second kappa shape index (κ2) is 3.51. The smallest absolute Gasteiger partial charge is 0.314 e. The third-order valence-corrected chi connectivity index (χ3v) is 4.22. The molecule has 0 aromatic carbocycles. The van der Waals surface area contributed by atoms with Crippen LogP contribution in [-0.4, -0.2) is 39.0 Å². The third-order valence-electron chi connectivity index (χ3n) is 2.57. The van der Waals surface area contributed by atoms with Crippen molar-refractivity contribution in [3.05, 3.63) is 0 Å². The first-order valence-corrected chi connectivity index (χ1v) is 6.40. The van der Waals surface area contributed by atoms with E-state index in [1.54, 1.807) is 6.92 Å². The maximum atomic E-state index is 11.4. The number of ether oxygens (including phenoxy) is 1. The van der Waals surface area contributed by atoms with Crippen LogP contribution in [0.1, 0.15) is 13.3 Å². The highest BCUT2D eigenvalue weighted by Crippen LogP contribution is 2.50. The minimum atomic E-state index is -3.19. The number of esters is 1. The van der Waals surface area contributed by atoms with Crippen LogP contribution in [0, 0.1) is 5.41 Å². The molecule has 0 saturated heterocycles. The van der Waals surface area contributed by atoms with Crippen LogP contribution >= 0.6 is 0 Å². The molecule has 1 rings (SSSR count). The SMILES string of the molecule is CCOC(=O)C1(CN)CC1S(C)(=O)=O. The highest BCUT2D eigenvalue weighted by molar-refractivity contribution is 7.91. The fourth-order valence-electron chi connectivity index (χ4n) is 1.62. The molecule has 0 spiro atoms. The van der Waals surface area contributed by atoms with Gasteiger partial charge in [0.2, 0.25) is 0 Å². The molecular weight excluding hydrogens is 206 g/mol. The first-order valence-electron chi connectivity index (χ1n) is 4.44. The van der Waals surface area contributed by atoms with Gasteiger partial charge >= 0.3 is 5.97 Å². The summed E-state index contributed by atoms with van der Waals surface area (Å²) >= 11 is 0. The van der Waals surface area contributed by atoms with Gasteiger partial charge in [-0.2, -0.15) is 0 Å². The zero-order chi connectivity index (χ0) is 11.0. The minimum absolute atomic E-state index is 0.0313. The van der Waals surface area contributed by atoms with Crippen LogP contribution in [0.2, 0.25) is 0 Å². The molecule has 0 aromatic heterocycles. The monoisotopic (exact) mass is 221 g/mol. The molecule has 0 aliphatic heterocycles. The van der Waals surface area contributed by atoms with E-state index in [1.165, 1.54) is 0 Å². The van der Waals surface area contributed by atoms with E-state index in [0.29, 0.717) is 6.42 Å². The maximum Gasteiger partial charge on any atom is 0.314 e. The van der Waals surface area contributed by atoms with Crippen LogP contribution in [0.25, 0.3) is 0 Å². The van der Waals surface area contributed by atoms with E-state index in [1.807, 2.05) is 0 Å². The molecule has 0 bridgehead atoms. The first kappa shape index (κ1) is 11.5. The largest absolute Gasteiger partial charge is 0.465 e. The Labute approximate surface area is 83.5 Å². The van der Waals surface area contributed by atoms with E-state index >= 15 is 0 Å². The maximum absolute atomic E-state index is 11.4. The van der Waals surface area contributed by atoms with Gasteiger partial charge in [0.15, 0.2) is 9.84 Å². The summed E-state index contributed by atoms with van der Waals surface area (Å²) in [6.45, 7) is 1.96. The summed E-state index contributed by atoms with van der Waals surface area (Å²) in [6.07, 6.45) is 1.41. The molecule has 1 aliphatic carbocycles. The molecule has 5 nitrogen and oxygen atoms in total. The Bertz CT molecular complexity index is 337. The van der Waals surface area contributed by atoms with E-state index in [-0.39, 0.29) is 13.2 Å². The van der Waals surface area contributed by atoms with E-state index in [2.05, 4.69) is 0 Å². The second-order valence-corrected chi connectivity index (χ2v) is 5.83. The van der Waals surface area contributed by atoms with Crippen LogP contribution in [0.5, 0.6) is 0 Å². The molecule has 14 heavy (non-hydrogen) atoms. The average Bonchev–Trinajstić information content (AvgIpc) is 2.79. The van der Waals surface area contributed by atoms with Crippen molar-refractivity contribution < 1.29 is 17.9 Å². The van der Waals surface area contributed by atoms with Gasteiger partial charge in [0, 0.05) is 12.8 Å². The lowest BCUT2D eigenvalue weighted by molar-refractivity contribution is -0.149. The summed E-state index contributed by atoms with van der Waals surface area (Å²) in [5, 5.41) is -0.654. The Morgan fingerprint density at radius 1 is 1.64 bits per heavy atom. The number of nitrogens with two attached hydrogens (primary N) is 1. The molecule has 82 valence electrons. The molecule has 0 radical (unpaired) electrons. The number of carbonyl (C=O) groups excluding carboxylic acids is 1. The zero-order valence-corrected chi connectivity index (χ0v) is 9.13. The summed E-state index contributed by atoms with van der Waals surface area (Å²) in [5.41, 5.74) is 4.45. The summed E-state index contributed by atoms with van der Waals surface area (Å²) in [6, 6.07) is 0. The quantitative estimate of drug-likeness (QED) is 0.635. The summed E-state index contributed by atoms with van der Waals surface area (Å²) < 4.78 is 27.2. The number of hydrogen-bond donors (Lipinski definition) is 1. The molecule has 6 heteroatoms. The predicted molar refractivity (Wildman–Crippen MR) is 51.4 cm³/mol. The van der Waals surface area contributed by atoms with Gasteiger partial charge in [0.25, 0.3) is 0 Å². The van der Waals surface area contributed by atoms with Gasteiger partial charge < -0.3 is 10.5 Å². The predicted octanol–water partition coefficient (Wildman–Crippen LogP) is -0.688. The Morgan fingerprint density at radius 3 is 2.50 bits per heavy atom. The van der Waals surface area contributed by atoms with Crippen molar-refractivity contribution in [1.82, 2.24) is 0 Å². The molecule has 0 heterocycles. The average molecular weight is 221 g/mol. The van der Waals surface area contributed by atoms with Crippen molar-refractivity contribution in [3.63, 3.8) is 0 Å².